The van der Waals surface area contributed by atoms with Gasteiger partial charge in [0.2, 0.25) is 10.0 Å². The Morgan fingerprint density at radius 2 is 1.95 bits per heavy atom. The standard InChI is InChI=1S/C14H14N2O3S/c1-20(17,18)16-13(11-6-3-2-4-7-11)10-12(15-16)14-8-5-9-19-14/h2-9,13H,10H2,1H3/t13-/m1/s1. The van der Waals surface area contributed by atoms with E-state index in [1.165, 1.54) is 4.41 Å². The quantitative estimate of drug-likeness (QED) is 0.872. The van der Waals surface area contributed by atoms with Crippen molar-refractivity contribution in [1.82, 2.24) is 4.41 Å². The molecule has 2 heterocycles. The van der Waals surface area contributed by atoms with Gasteiger partial charge in [-0.15, -0.1) is 0 Å². The van der Waals surface area contributed by atoms with Crippen molar-refractivity contribution in [2.24, 2.45) is 5.10 Å². The Balaban J connectivity index is 2.01. The van der Waals surface area contributed by atoms with E-state index in [4.69, 9.17) is 4.42 Å². The molecule has 6 heteroatoms. The molecule has 0 amide bonds. The normalized spacial score (nSPS) is 19.1. The Labute approximate surface area is 117 Å². The fraction of sp³-hybridized carbons (Fsp3) is 0.214. The van der Waals surface area contributed by atoms with E-state index in [9.17, 15) is 8.42 Å². The molecule has 1 aromatic heterocycles. The van der Waals surface area contributed by atoms with Crippen molar-refractivity contribution in [3.05, 3.63) is 60.1 Å². The molecule has 0 fully saturated rings. The molecule has 3 rings (SSSR count). The summed E-state index contributed by atoms with van der Waals surface area (Å²) in [4.78, 5) is 0. The summed E-state index contributed by atoms with van der Waals surface area (Å²) in [5.41, 5.74) is 1.57. The van der Waals surface area contributed by atoms with Crippen molar-refractivity contribution in [2.75, 3.05) is 6.26 Å². The lowest BCUT2D eigenvalue weighted by Crippen LogP contribution is -2.25. The van der Waals surface area contributed by atoms with Crippen LogP contribution < -0.4 is 0 Å². The molecule has 0 unspecified atom stereocenters. The minimum absolute atomic E-state index is 0.314. The number of sulfonamides is 1. The summed E-state index contributed by atoms with van der Waals surface area (Å²) in [6.45, 7) is 0. The molecule has 1 aromatic carbocycles. The summed E-state index contributed by atoms with van der Waals surface area (Å²) in [6, 6.07) is 12.7. The van der Waals surface area contributed by atoms with Crippen LogP contribution in [0.25, 0.3) is 0 Å². The molecule has 5 nitrogen and oxygen atoms in total. The van der Waals surface area contributed by atoms with Gasteiger partial charge in [-0.25, -0.2) is 8.42 Å². The maximum absolute atomic E-state index is 11.9. The van der Waals surface area contributed by atoms with Crippen LogP contribution in [0.3, 0.4) is 0 Å². The maximum Gasteiger partial charge on any atom is 0.247 e. The van der Waals surface area contributed by atoms with Crippen LogP contribution in [0, 0.1) is 0 Å². The van der Waals surface area contributed by atoms with Crippen LogP contribution in [0.1, 0.15) is 23.8 Å². The Hall–Kier alpha value is -2.08. The second kappa shape index (κ2) is 4.79. The molecule has 0 saturated heterocycles. The van der Waals surface area contributed by atoms with Gasteiger partial charge in [0.1, 0.15) is 11.5 Å². The largest absolute Gasteiger partial charge is 0.463 e. The van der Waals surface area contributed by atoms with Crippen molar-refractivity contribution in [3.8, 4) is 0 Å². The molecule has 20 heavy (non-hydrogen) atoms. The molecule has 104 valence electrons. The van der Waals surface area contributed by atoms with Crippen molar-refractivity contribution >= 4 is 15.7 Å². The lowest BCUT2D eigenvalue weighted by atomic mass is 10.0. The minimum Gasteiger partial charge on any atom is -0.463 e. The Bertz CT molecular complexity index is 721. The maximum atomic E-state index is 11.9. The van der Waals surface area contributed by atoms with E-state index in [-0.39, 0.29) is 6.04 Å². The van der Waals surface area contributed by atoms with Crippen molar-refractivity contribution in [2.45, 2.75) is 12.5 Å². The number of hydrogen-bond donors (Lipinski definition) is 0. The zero-order chi connectivity index (χ0) is 14.2. The summed E-state index contributed by atoms with van der Waals surface area (Å²) in [7, 11) is -3.42. The number of benzene rings is 1. The van der Waals surface area contributed by atoms with E-state index in [1.807, 2.05) is 30.3 Å². The topological polar surface area (TPSA) is 62.9 Å². The first-order chi connectivity index (χ1) is 9.55. The van der Waals surface area contributed by atoms with E-state index < -0.39 is 10.0 Å². The smallest absolute Gasteiger partial charge is 0.247 e. The van der Waals surface area contributed by atoms with Crippen LogP contribution in [-0.2, 0) is 10.0 Å². The Morgan fingerprint density at radius 3 is 2.55 bits per heavy atom. The van der Waals surface area contributed by atoms with Gasteiger partial charge in [-0.2, -0.15) is 9.52 Å². The molecule has 0 N–H and O–H groups in total. The number of hydrazone groups is 1. The highest BCUT2D eigenvalue weighted by molar-refractivity contribution is 7.88. The Kier molecular flexibility index (Phi) is 3.10. The highest BCUT2D eigenvalue weighted by Gasteiger charge is 2.35. The van der Waals surface area contributed by atoms with E-state index in [1.54, 1.807) is 18.4 Å². The lowest BCUT2D eigenvalue weighted by molar-refractivity contribution is 0.375. The van der Waals surface area contributed by atoms with Gasteiger partial charge in [0.15, 0.2) is 0 Å². The van der Waals surface area contributed by atoms with Crippen molar-refractivity contribution in [3.63, 3.8) is 0 Å². The van der Waals surface area contributed by atoms with Gasteiger partial charge in [-0.3, -0.25) is 0 Å². The molecule has 1 aliphatic heterocycles. The first-order valence-corrected chi connectivity index (χ1v) is 8.06. The third kappa shape index (κ3) is 2.34. The SMILES string of the molecule is CS(=O)(=O)N1N=C(c2ccco2)C[C@@H]1c1ccccc1. The molecule has 0 saturated carbocycles. The molecule has 0 aliphatic carbocycles. The lowest BCUT2D eigenvalue weighted by Gasteiger charge is -2.21. The molecule has 2 aromatic rings. The van der Waals surface area contributed by atoms with Gasteiger partial charge in [0, 0.05) is 6.42 Å². The highest BCUT2D eigenvalue weighted by Crippen LogP contribution is 2.34. The van der Waals surface area contributed by atoms with Gasteiger partial charge < -0.3 is 4.42 Å². The van der Waals surface area contributed by atoms with Crippen LogP contribution in [0.4, 0.5) is 0 Å². The molecule has 0 radical (unpaired) electrons. The zero-order valence-electron chi connectivity index (χ0n) is 10.9. The van der Waals surface area contributed by atoms with Crippen LogP contribution in [0.15, 0.2) is 58.2 Å². The fourth-order valence-corrected chi connectivity index (χ4v) is 3.21. The first-order valence-electron chi connectivity index (χ1n) is 6.21. The fourth-order valence-electron chi connectivity index (χ4n) is 2.31. The monoisotopic (exact) mass is 290 g/mol. The van der Waals surface area contributed by atoms with Gasteiger partial charge in [0.25, 0.3) is 0 Å². The zero-order valence-corrected chi connectivity index (χ0v) is 11.7. The predicted octanol–water partition coefficient (Wildman–Crippen LogP) is 2.39. The molecule has 1 atom stereocenters. The number of rotatable bonds is 3. The predicted molar refractivity (Wildman–Crippen MR) is 75.7 cm³/mol. The number of nitrogens with zero attached hydrogens (tertiary/aromatic N) is 2. The molecular formula is C14H14N2O3S. The third-order valence-electron chi connectivity index (χ3n) is 3.20. The summed E-state index contributed by atoms with van der Waals surface area (Å²) in [6.07, 6.45) is 3.22. The summed E-state index contributed by atoms with van der Waals surface area (Å²) >= 11 is 0. The molecule has 1 aliphatic rings. The summed E-state index contributed by atoms with van der Waals surface area (Å²) in [5, 5.41) is 4.23. The Morgan fingerprint density at radius 1 is 1.20 bits per heavy atom. The average Bonchev–Trinajstić information content (AvgIpc) is 3.08. The average molecular weight is 290 g/mol. The van der Waals surface area contributed by atoms with E-state index >= 15 is 0 Å². The second-order valence-corrected chi connectivity index (χ2v) is 6.53. The second-order valence-electron chi connectivity index (χ2n) is 4.69. The highest BCUT2D eigenvalue weighted by atomic mass is 32.2. The molecular weight excluding hydrogens is 276 g/mol. The van der Waals surface area contributed by atoms with Gasteiger partial charge >= 0.3 is 0 Å². The minimum atomic E-state index is -3.42. The summed E-state index contributed by atoms with van der Waals surface area (Å²) in [5.74, 6) is 0.608. The van der Waals surface area contributed by atoms with Crippen LogP contribution in [0.2, 0.25) is 0 Å². The van der Waals surface area contributed by atoms with Gasteiger partial charge in [-0.1, -0.05) is 30.3 Å². The third-order valence-corrected chi connectivity index (χ3v) is 4.22. The number of hydrogen-bond acceptors (Lipinski definition) is 4. The van der Waals surface area contributed by atoms with Crippen LogP contribution in [-0.4, -0.2) is 24.8 Å². The molecule has 0 spiro atoms. The van der Waals surface area contributed by atoms with E-state index in [0.717, 1.165) is 11.8 Å². The van der Waals surface area contributed by atoms with Crippen LogP contribution >= 0.6 is 0 Å². The van der Waals surface area contributed by atoms with E-state index in [0.29, 0.717) is 17.9 Å². The molecule has 0 bridgehead atoms. The van der Waals surface area contributed by atoms with Gasteiger partial charge in [0.05, 0.1) is 18.6 Å². The van der Waals surface area contributed by atoms with Gasteiger partial charge in [-0.05, 0) is 17.7 Å². The number of furan rings is 1. The summed E-state index contributed by atoms with van der Waals surface area (Å²) < 4.78 is 30.3. The van der Waals surface area contributed by atoms with Crippen molar-refractivity contribution in [1.29, 1.82) is 0 Å². The van der Waals surface area contributed by atoms with Crippen LogP contribution in [0.5, 0.6) is 0 Å². The van der Waals surface area contributed by atoms with E-state index in [2.05, 4.69) is 5.10 Å². The van der Waals surface area contributed by atoms with Crippen molar-refractivity contribution < 1.29 is 12.8 Å². The first kappa shape index (κ1) is 12.9.